The molecule has 74 valence electrons. The maximum atomic E-state index is 3.53. The second kappa shape index (κ2) is 2.74. The van der Waals surface area contributed by atoms with Gasteiger partial charge >= 0.3 is 0 Å². The fourth-order valence-corrected chi connectivity index (χ4v) is 2.75. The number of aryl methyl sites for hydroxylation is 1. The molecule has 1 aromatic carbocycles. The van der Waals surface area contributed by atoms with Crippen molar-refractivity contribution in [2.45, 2.75) is 18.8 Å². The van der Waals surface area contributed by atoms with E-state index in [1.54, 1.807) is 0 Å². The van der Waals surface area contributed by atoms with Crippen LogP contribution in [0.5, 0.6) is 0 Å². The molecule has 0 aromatic heterocycles. The Kier molecular flexibility index (Phi) is 1.62. The number of anilines is 1. The summed E-state index contributed by atoms with van der Waals surface area (Å²) in [6.07, 6.45) is 1.27. The van der Waals surface area contributed by atoms with Crippen molar-refractivity contribution in [2.75, 3.05) is 25.0 Å². The van der Waals surface area contributed by atoms with Gasteiger partial charge in [-0.15, -0.1) is 0 Å². The maximum Gasteiger partial charge on any atom is 0.0382 e. The minimum Gasteiger partial charge on any atom is -0.384 e. The molecule has 1 spiro atoms. The van der Waals surface area contributed by atoms with Crippen molar-refractivity contribution >= 4 is 5.69 Å². The largest absolute Gasteiger partial charge is 0.384 e. The highest BCUT2D eigenvalue weighted by Crippen LogP contribution is 2.40. The Hall–Kier alpha value is -1.02. The number of hydrogen-bond donors (Lipinski definition) is 2. The van der Waals surface area contributed by atoms with Crippen molar-refractivity contribution in [3.05, 3.63) is 29.3 Å². The number of benzene rings is 1. The summed E-state index contributed by atoms with van der Waals surface area (Å²) in [4.78, 5) is 0. The molecule has 0 saturated carbocycles. The predicted octanol–water partition coefficient (Wildman–Crippen LogP) is 1.65. The van der Waals surface area contributed by atoms with E-state index >= 15 is 0 Å². The second-order valence-corrected chi connectivity index (χ2v) is 4.61. The van der Waals surface area contributed by atoms with Crippen LogP contribution in [0.3, 0.4) is 0 Å². The van der Waals surface area contributed by atoms with Crippen LogP contribution in [0.25, 0.3) is 0 Å². The van der Waals surface area contributed by atoms with Gasteiger partial charge in [0, 0.05) is 24.2 Å². The average Bonchev–Trinajstić information content (AvgIpc) is 2.77. The van der Waals surface area contributed by atoms with Crippen LogP contribution in [0.15, 0.2) is 18.2 Å². The van der Waals surface area contributed by atoms with Crippen LogP contribution in [0.1, 0.15) is 17.5 Å². The smallest absolute Gasteiger partial charge is 0.0382 e. The molecule has 0 amide bonds. The zero-order valence-corrected chi connectivity index (χ0v) is 8.56. The van der Waals surface area contributed by atoms with Crippen molar-refractivity contribution in [3.63, 3.8) is 0 Å². The third kappa shape index (κ3) is 1.01. The van der Waals surface area contributed by atoms with Crippen LogP contribution in [-0.2, 0) is 5.41 Å². The first-order chi connectivity index (χ1) is 6.80. The lowest BCUT2D eigenvalue weighted by atomic mass is 9.81. The Labute approximate surface area is 84.7 Å². The van der Waals surface area contributed by atoms with E-state index in [0.717, 1.165) is 19.6 Å². The number of hydrogen-bond acceptors (Lipinski definition) is 2. The molecule has 1 atom stereocenters. The van der Waals surface area contributed by atoms with Crippen molar-refractivity contribution in [2.24, 2.45) is 0 Å². The highest BCUT2D eigenvalue weighted by molar-refractivity contribution is 5.62. The van der Waals surface area contributed by atoms with Gasteiger partial charge in [-0.05, 0) is 37.1 Å². The minimum absolute atomic E-state index is 0.392. The summed E-state index contributed by atoms with van der Waals surface area (Å²) in [5.41, 5.74) is 4.62. The molecule has 0 radical (unpaired) electrons. The van der Waals surface area contributed by atoms with E-state index in [9.17, 15) is 0 Å². The van der Waals surface area contributed by atoms with Crippen LogP contribution in [-0.4, -0.2) is 19.6 Å². The Balaban J connectivity index is 2.09. The van der Waals surface area contributed by atoms with Gasteiger partial charge in [0.1, 0.15) is 0 Å². The molecule has 2 aliphatic rings. The number of nitrogens with one attached hydrogen (secondary N) is 2. The maximum absolute atomic E-state index is 3.53. The lowest BCUT2D eigenvalue weighted by molar-refractivity contribution is 0.522. The zero-order chi connectivity index (χ0) is 9.60. The number of fused-ring (bicyclic) bond motifs is 2. The summed E-state index contributed by atoms with van der Waals surface area (Å²) in [7, 11) is 0. The van der Waals surface area contributed by atoms with E-state index in [1.165, 1.54) is 23.2 Å². The standard InChI is InChI=1S/C12H16N2/c1-9-2-3-10-11(6-9)14-8-12(10)4-5-13-7-12/h2-3,6,13-14H,4-5,7-8H2,1H3. The fraction of sp³-hybridized carbons (Fsp3) is 0.500. The van der Waals surface area contributed by atoms with Gasteiger partial charge < -0.3 is 10.6 Å². The van der Waals surface area contributed by atoms with E-state index in [-0.39, 0.29) is 0 Å². The lowest BCUT2D eigenvalue weighted by Crippen LogP contribution is -2.30. The molecule has 1 unspecified atom stereocenters. The first-order valence-corrected chi connectivity index (χ1v) is 5.36. The molecule has 2 heteroatoms. The van der Waals surface area contributed by atoms with Crippen LogP contribution in [0.2, 0.25) is 0 Å². The molecule has 0 aliphatic carbocycles. The molecule has 1 saturated heterocycles. The highest BCUT2D eigenvalue weighted by Gasteiger charge is 2.40. The van der Waals surface area contributed by atoms with Crippen molar-refractivity contribution in [1.29, 1.82) is 0 Å². The molecular weight excluding hydrogens is 172 g/mol. The third-order valence-corrected chi connectivity index (χ3v) is 3.61. The molecule has 1 aromatic rings. The Morgan fingerprint density at radius 3 is 3.00 bits per heavy atom. The number of rotatable bonds is 0. The van der Waals surface area contributed by atoms with E-state index in [1.807, 2.05) is 0 Å². The van der Waals surface area contributed by atoms with Gasteiger partial charge in [-0.3, -0.25) is 0 Å². The second-order valence-electron chi connectivity index (χ2n) is 4.61. The van der Waals surface area contributed by atoms with Crippen molar-refractivity contribution in [3.8, 4) is 0 Å². The molecule has 2 heterocycles. The SMILES string of the molecule is Cc1ccc2c(c1)NCC21CCNC1. The Bertz CT molecular complexity index is 365. The van der Waals surface area contributed by atoms with Crippen molar-refractivity contribution < 1.29 is 0 Å². The molecular formula is C12H16N2. The van der Waals surface area contributed by atoms with Crippen LogP contribution >= 0.6 is 0 Å². The quantitative estimate of drug-likeness (QED) is 0.647. The summed E-state index contributed by atoms with van der Waals surface area (Å²) in [6, 6.07) is 6.80. The predicted molar refractivity (Wildman–Crippen MR) is 58.8 cm³/mol. The molecule has 1 fully saturated rings. The normalized spacial score (nSPS) is 29.2. The van der Waals surface area contributed by atoms with Crippen LogP contribution in [0.4, 0.5) is 5.69 Å². The summed E-state index contributed by atoms with van der Waals surface area (Å²) >= 11 is 0. The van der Waals surface area contributed by atoms with Gasteiger partial charge in [0.2, 0.25) is 0 Å². The molecule has 2 N–H and O–H groups in total. The molecule has 2 aliphatic heterocycles. The van der Waals surface area contributed by atoms with Crippen LogP contribution < -0.4 is 10.6 Å². The van der Waals surface area contributed by atoms with E-state index in [2.05, 4.69) is 35.8 Å². The van der Waals surface area contributed by atoms with E-state index < -0.39 is 0 Å². The van der Waals surface area contributed by atoms with Gasteiger partial charge in [-0.25, -0.2) is 0 Å². The Morgan fingerprint density at radius 2 is 2.21 bits per heavy atom. The fourth-order valence-electron chi connectivity index (χ4n) is 2.75. The summed E-state index contributed by atoms with van der Waals surface area (Å²) in [5, 5.41) is 7.00. The summed E-state index contributed by atoms with van der Waals surface area (Å²) in [6.45, 7) is 5.56. The minimum atomic E-state index is 0.392. The molecule has 3 rings (SSSR count). The third-order valence-electron chi connectivity index (χ3n) is 3.61. The van der Waals surface area contributed by atoms with E-state index in [4.69, 9.17) is 0 Å². The zero-order valence-electron chi connectivity index (χ0n) is 8.56. The lowest BCUT2D eigenvalue weighted by Gasteiger charge is -2.21. The van der Waals surface area contributed by atoms with E-state index in [0.29, 0.717) is 5.41 Å². The molecule has 14 heavy (non-hydrogen) atoms. The monoisotopic (exact) mass is 188 g/mol. The average molecular weight is 188 g/mol. The molecule has 2 nitrogen and oxygen atoms in total. The summed E-state index contributed by atoms with van der Waals surface area (Å²) < 4.78 is 0. The van der Waals surface area contributed by atoms with Gasteiger partial charge in [0.05, 0.1) is 0 Å². The van der Waals surface area contributed by atoms with Gasteiger partial charge in [-0.1, -0.05) is 12.1 Å². The summed E-state index contributed by atoms with van der Waals surface area (Å²) in [5.74, 6) is 0. The Morgan fingerprint density at radius 1 is 1.29 bits per heavy atom. The van der Waals surface area contributed by atoms with Gasteiger partial charge in [0.25, 0.3) is 0 Å². The van der Waals surface area contributed by atoms with Gasteiger partial charge in [-0.2, -0.15) is 0 Å². The first-order valence-electron chi connectivity index (χ1n) is 5.36. The van der Waals surface area contributed by atoms with Crippen LogP contribution in [0, 0.1) is 6.92 Å². The van der Waals surface area contributed by atoms with Crippen molar-refractivity contribution in [1.82, 2.24) is 5.32 Å². The topological polar surface area (TPSA) is 24.1 Å². The molecule has 0 bridgehead atoms. The first kappa shape index (κ1) is 8.30. The highest BCUT2D eigenvalue weighted by atomic mass is 15.0. The van der Waals surface area contributed by atoms with Gasteiger partial charge in [0.15, 0.2) is 0 Å².